The Balaban J connectivity index is 1.85. The average Bonchev–Trinajstić information content (AvgIpc) is 3.07. The number of halogens is 1. The fourth-order valence-corrected chi connectivity index (χ4v) is 6.11. The van der Waals surface area contributed by atoms with Gasteiger partial charge in [-0.25, -0.2) is 0 Å². The average molecular weight is 486 g/mol. The van der Waals surface area contributed by atoms with E-state index in [1.165, 1.54) is 30.8 Å². The minimum atomic E-state index is 0.253. The van der Waals surface area contributed by atoms with Gasteiger partial charge < -0.3 is 0 Å². The first-order valence-corrected chi connectivity index (χ1v) is 11.2. The molecule has 0 spiro atoms. The second-order valence-corrected chi connectivity index (χ2v) is 9.43. The predicted molar refractivity (Wildman–Crippen MR) is 116 cm³/mol. The van der Waals surface area contributed by atoms with Crippen molar-refractivity contribution in [3.05, 3.63) is 82.3 Å². The maximum atomic E-state index is 5.45. The molecule has 3 aromatic carbocycles. The maximum absolute atomic E-state index is 5.45. The summed E-state index contributed by atoms with van der Waals surface area (Å²) in [5.74, 6) is 1.81. The molecule has 0 aliphatic heterocycles. The third-order valence-electron chi connectivity index (χ3n) is 4.65. The monoisotopic (exact) mass is 486 g/mol. The van der Waals surface area contributed by atoms with Crippen molar-refractivity contribution in [3.8, 4) is 21.5 Å². The van der Waals surface area contributed by atoms with Gasteiger partial charge in [-0.2, -0.15) is 0 Å². The van der Waals surface area contributed by atoms with Crippen molar-refractivity contribution in [1.82, 2.24) is 0 Å². The Bertz CT molecular complexity index is 1070. The molecule has 0 saturated carbocycles. The van der Waals surface area contributed by atoms with Crippen LogP contribution in [0.15, 0.2) is 71.2 Å². The second-order valence-electron chi connectivity index (χ2n) is 6.30. The Morgan fingerprint density at radius 3 is 2.15 bits per heavy atom. The van der Waals surface area contributed by atoms with Gasteiger partial charge in [0, 0.05) is 0 Å². The second kappa shape index (κ2) is 7.93. The molecule has 27 heavy (non-hydrogen) atoms. The van der Waals surface area contributed by atoms with Gasteiger partial charge in [0.05, 0.1) is 0 Å². The van der Waals surface area contributed by atoms with Gasteiger partial charge >= 0.3 is 174 Å². The van der Waals surface area contributed by atoms with Crippen molar-refractivity contribution in [2.45, 2.75) is 6.42 Å². The van der Waals surface area contributed by atoms with Gasteiger partial charge in [-0.3, -0.25) is 0 Å². The fraction of sp³-hybridized carbons (Fsp3) is 0.130. The van der Waals surface area contributed by atoms with E-state index in [1.54, 1.807) is 14.2 Å². The Kier molecular flexibility index (Phi) is 5.40. The molecule has 4 aromatic rings. The van der Waals surface area contributed by atoms with E-state index in [-0.39, 0.29) is 14.5 Å². The van der Waals surface area contributed by atoms with E-state index < -0.39 is 0 Å². The number of fused-ring (bicyclic) bond motifs is 1. The Morgan fingerprint density at radius 2 is 1.48 bits per heavy atom. The van der Waals surface area contributed by atoms with Crippen molar-refractivity contribution < 1.29 is 9.47 Å². The Morgan fingerprint density at radius 1 is 0.815 bits per heavy atom. The van der Waals surface area contributed by atoms with Crippen LogP contribution in [0.2, 0.25) is 0 Å². The van der Waals surface area contributed by atoms with E-state index in [4.69, 9.17) is 9.47 Å². The Labute approximate surface area is 173 Å². The standard InChI is InChI=1S/C23H19BrO2Se/c1-25-18-9-5-16(6-10-18)23-21(13-15-3-7-17(24)8-4-15)20-12-11-19(26-2)14-22(20)27-23/h3-12,14H,13H2,1-2H3. The van der Waals surface area contributed by atoms with Crippen LogP contribution in [0.3, 0.4) is 0 Å². The summed E-state index contributed by atoms with van der Waals surface area (Å²) in [6.45, 7) is 0. The topological polar surface area (TPSA) is 18.5 Å². The van der Waals surface area contributed by atoms with Crippen LogP contribution in [0.5, 0.6) is 11.5 Å². The summed E-state index contributed by atoms with van der Waals surface area (Å²) in [5, 5.41) is 1.35. The van der Waals surface area contributed by atoms with Crippen molar-refractivity contribution >= 4 is 40.1 Å². The molecular formula is C23H19BrO2Se. The predicted octanol–water partition coefficient (Wildman–Crippen LogP) is 5.93. The summed E-state index contributed by atoms with van der Waals surface area (Å²) < 4.78 is 14.7. The van der Waals surface area contributed by atoms with Gasteiger partial charge in [-0.05, 0) is 0 Å². The van der Waals surface area contributed by atoms with Crippen LogP contribution in [0.25, 0.3) is 19.6 Å². The zero-order chi connectivity index (χ0) is 18.8. The molecule has 0 bridgehead atoms. The molecule has 0 atom stereocenters. The summed E-state index contributed by atoms with van der Waals surface area (Å²) in [5.41, 5.74) is 4.01. The first-order chi connectivity index (χ1) is 13.2. The molecule has 0 saturated heterocycles. The van der Waals surface area contributed by atoms with Crippen molar-refractivity contribution in [1.29, 1.82) is 0 Å². The molecule has 4 rings (SSSR count). The molecule has 2 nitrogen and oxygen atoms in total. The number of ether oxygens (including phenoxy) is 2. The van der Waals surface area contributed by atoms with E-state index >= 15 is 0 Å². The normalized spacial score (nSPS) is 10.9. The molecule has 0 amide bonds. The van der Waals surface area contributed by atoms with Gasteiger partial charge in [0.15, 0.2) is 0 Å². The van der Waals surface area contributed by atoms with Crippen LogP contribution >= 0.6 is 15.9 Å². The molecule has 1 heterocycles. The fourth-order valence-electron chi connectivity index (χ4n) is 3.21. The molecule has 0 aliphatic rings. The SMILES string of the molecule is COc1ccc(-c2[se]c3cc(OC)ccc3c2Cc2ccc(Br)cc2)cc1. The molecule has 0 N–H and O–H groups in total. The van der Waals surface area contributed by atoms with Gasteiger partial charge in [0.1, 0.15) is 0 Å². The summed E-state index contributed by atoms with van der Waals surface area (Å²) in [6, 6.07) is 23.5. The van der Waals surface area contributed by atoms with Crippen LogP contribution in [0.1, 0.15) is 11.1 Å². The van der Waals surface area contributed by atoms with Gasteiger partial charge in [0.2, 0.25) is 0 Å². The molecule has 4 heteroatoms. The van der Waals surface area contributed by atoms with E-state index in [0.29, 0.717) is 0 Å². The minimum absolute atomic E-state index is 0.253. The summed E-state index contributed by atoms with van der Waals surface area (Å²) in [7, 11) is 3.43. The van der Waals surface area contributed by atoms with Crippen LogP contribution in [-0.4, -0.2) is 28.7 Å². The first-order valence-electron chi connectivity index (χ1n) is 8.66. The quantitative estimate of drug-likeness (QED) is 0.326. The van der Waals surface area contributed by atoms with Crippen LogP contribution in [0, 0.1) is 0 Å². The molecule has 1 aromatic heterocycles. The van der Waals surface area contributed by atoms with E-state index in [2.05, 4.69) is 70.5 Å². The van der Waals surface area contributed by atoms with E-state index in [0.717, 1.165) is 22.4 Å². The zero-order valence-corrected chi connectivity index (χ0v) is 18.5. The third-order valence-corrected chi connectivity index (χ3v) is 7.78. The number of methoxy groups -OCH3 is 2. The molecular weight excluding hydrogens is 467 g/mol. The van der Waals surface area contributed by atoms with E-state index in [1.807, 2.05) is 12.1 Å². The van der Waals surface area contributed by atoms with Crippen molar-refractivity contribution in [3.63, 3.8) is 0 Å². The van der Waals surface area contributed by atoms with Crippen LogP contribution < -0.4 is 9.47 Å². The van der Waals surface area contributed by atoms with Crippen molar-refractivity contribution in [2.75, 3.05) is 14.2 Å². The van der Waals surface area contributed by atoms with Gasteiger partial charge in [-0.1, -0.05) is 0 Å². The summed E-state index contributed by atoms with van der Waals surface area (Å²) in [4.78, 5) is 0. The Hall–Kier alpha value is -2.00. The number of hydrogen-bond donors (Lipinski definition) is 0. The van der Waals surface area contributed by atoms with Crippen LogP contribution in [0.4, 0.5) is 0 Å². The third kappa shape index (κ3) is 3.84. The summed E-state index contributed by atoms with van der Waals surface area (Å²) >= 11 is 3.78. The molecule has 0 aliphatic carbocycles. The van der Waals surface area contributed by atoms with Gasteiger partial charge in [-0.15, -0.1) is 0 Å². The zero-order valence-electron chi connectivity index (χ0n) is 15.2. The molecule has 0 unspecified atom stereocenters. The summed E-state index contributed by atoms with van der Waals surface area (Å²) in [6.07, 6.45) is 0.926. The van der Waals surface area contributed by atoms with Crippen molar-refractivity contribution in [2.24, 2.45) is 0 Å². The molecule has 0 fully saturated rings. The van der Waals surface area contributed by atoms with Crippen LogP contribution in [-0.2, 0) is 6.42 Å². The first kappa shape index (κ1) is 18.4. The van der Waals surface area contributed by atoms with Gasteiger partial charge in [0.25, 0.3) is 0 Å². The number of benzene rings is 3. The number of hydrogen-bond acceptors (Lipinski definition) is 2. The van der Waals surface area contributed by atoms with E-state index in [9.17, 15) is 0 Å². The number of rotatable bonds is 5. The molecule has 0 radical (unpaired) electrons. The molecule has 136 valence electrons.